The zero-order valence-electron chi connectivity index (χ0n) is 15.4. The molecule has 1 N–H and O–H groups in total. The molecular weight excluding hydrogens is 384 g/mol. The number of para-hydroxylation sites is 2. The van der Waals surface area contributed by atoms with Gasteiger partial charge in [0.05, 0.1) is 5.52 Å². The number of carbonyl (C=O) groups excluding carboxylic acids is 1. The van der Waals surface area contributed by atoms with Gasteiger partial charge in [-0.05, 0) is 41.5 Å². The van der Waals surface area contributed by atoms with Crippen LogP contribution in [0.4, 0.5) is 0 Å². The molecule has 3 aromatic carbocycles. The van der Waals surface area contributed by atoms with Gasteiger partial charge in [-0.15, -0.1) is 5.10 Å². The summed E-state index contributed by atoms with van der Waals surface area (Å²) in [6.07, 6.45) is 2.24. The van der Waals surface area contributed by atoms with Crippen molar-refractivity contribution in [3.8, 4) is 0 Å². The van der Waals surface area contributed by atoms with Crippen LogP contribution in [0.2, 0.25) is 5.02 Å². The molecule has 0 spiro atoms. The number of carbonyl (C=O) groups is 1. The van der Waals surface area contributed by atoms with Gasteiger partial charge in [0.25, 0.3) is 0 Å². The lowest BCUT2D eigenvalue weighted by Crippen LogP contribution is -2.17. The molecule has 1 atom stereocenters. The van der Waals surface area contributed by atoms with Crippen molar-refractivity contribution < 1.29 is 4.79 Å². The summed E-state index contributed by atoms with van der Waals surface area (Å²) in [4.78, 5) is 16.5. The second-order valence-electron chi connectivity index (χ2n) is 6.98. The Balaban J connectivity index is 1.59. The minimum atomic E-state index is -0.140. The zero-order chi connectivity index (χ0) is 19.8. The molecule has 6 heteroatoms. The third-order valence-electron chi connectivity index (χ3n) is 5.24. The van der Waals surface area contributed by atoms with Gasteiger partial charge in [-0.25, -0.2) is 0 Å². The average Bonchev–Trinajstić information content (AvgIpc) is 3.37. The summed E-state index contributed by atoms with van der Waals surface area (Å²) < 4.78 is 1.40. The third kappa shape index (κ3) is 3.19. The van der Waals surface area contributed by atoms with E-state index in [9.17, 15) is 4.79 Å². The highest BCUT2D eigenvalue weighted by molar-refractivity contribution is 6.30. The van der Waals surface area contributed by atoms with Crippen LogP contribution in [-0.2, 0) is 0 Å². The molecule has 5 rings (SSSR count). The van der Waals surface area contributed by atoms with Crippen molar-refractivity contribution in [1.82, 2.24) is 20.0 Å². The molecule has 142 valence electrons. The molecule has 0 bridgehead atoms. The summed E-state index contributed by atoms with van der Waals surface area (Å²) in [7, 11) is 0. The lowest BCUT2D eigenvalue weighted by atomic mass is 9.88. The lowest BCUT2D eigenvalue weighted by Gasteiger charge is -2.17. The Morgan fingerprint density at radius 2 is 1.76 bits per heavy atom. The molecule has 1 unspecified atom stereocenters. The van der Waals surface area contributed by atoms with E-state index in [2.05, 4.69) is 21.4 Å². The Morgan fingerprint density at radius 3 is 2.62 bits per heavy atom. The average molecular weight is 401 g/mol. The highest BCUT2D eigenvalue weighted by Crippen LogP contribution is 2.34. The van der Waals surface area contributed by atoms with E-state index in [1.165, 1.54) is 4.68 Å². The number of rotatable bonds is 4. The molecule has 0 radical (unpaired) electrons. The van der Waals surface area contributed by atoms with Gasteiger partial charge in [0.2, 0.25) is 5.91 Å². The fourth-order valence-corrected chi connectivity index (χ4v) is 3.92. The fraction of sp³-hybridized carbons (Fsp3) is 0.0870. The van der Waals surface area contributed by atoms with Crippen LogP contribution < -0.4 is 0 Å². The minimum Gasteiger partial charge on any atom is -0.361 e. The Labute approximate surface area is 171 Å². The summed E-state index contributed by atoms with van der Waals surface area (Å²) in [6.45, 7) is 0. The Bertz CT molecular complexity index is 1320. The van der Waals surface area contributed by atoms with Crippen molar-refractivity contribution in [3.63, 3.8) is 0 Å². The maximum Gasteiger partial charge on any atom is 0.249 e. The predicted molar refractivity (Wildman–Crippen MR) is 114 cm³/mol. The summed E-state index contributed by atoms with van der Waals surface area (Å²) in [6, 6.07) is 23.2. The largest absolute Gasteiger partial charge is 0.361 e. The van der Waals surface area contributed by atoms with Crippen LogP contribution >= 0.6 is 11.6 Å². The van der Waals surface area contributed by atoms with Crippen LogP contribution in [-0.4, -0.2) is 25.9 Å². The number of H-pyrrole nitrogens is 1. The Hall–Kier alpha value is -3.44. The first-order valence-electron chi connectivity index (χ1n) is 9.36. The number of nitrogens with zero attached hydrogens (tertiary/aromatic N) is 3. The van der Waals surface area contributed by atoms with E-state index in [1.54, 1.807) is 0 Å². The smallest absolute Gasteiger partial charge is 0.249 e. The van der Waals surface area contributed by atoms with Crippen molar-refractivity contribution in [1.29, 1.82) is 0 Å². The number of hydrogen-bond acceptors (Lipinski definition) is 3. The number of aromatic nitrogens is 4. The third-order valence-corrected chi connectivity index (χ3v) is 5.49. The van der Waals surface area contributed by atoms with Crippen LogP contribution in [0, 0.1) is 0 Å². The second-order valence-corrected chi connectivity index (χ2v) is 7.42. The van der Waals surface area contributed by atoms with Gasteiger partial charge in [0.1, 0.15) is 5.52 Å². The second kappa shape index (κ2) is 7.18. The van der Waals surface area contributed by atoms with Crippen molar-refractivity contribution in [2.75, 3.05) is 0 Å². The Kier molecular flexibility index (Phi) is 4.37. The number of benzene rings is 3. The molecule has 0 amide bonds. The Morgan fingerprint density at radius 1 is 1.00 bits per heavy atom. The van der Waals surface area contributed by atoms with E-state index >= 15 is 0 Å². The lowest BCUT2D eigenvalue weighted by molar-refractivity contribution is 0.0885. The number of aromatic amines is 1. The molecular formula is C23H17ClN4O. The van der Waals surface area contributed by atoms with E-state index in [1.807, 2.05) is 72.9 Å². The van der Waals surface area contributed by atoms with Crippen molar-refractivity contribution in [2.45, 2.75) is 12.3 Å². The van der Waals surface area contributed by atoms with E-state index in [0.29, 0.717) is 16.1 Å². The molecule has 0 saturated carbocycles. The van der Waals surface area contributed by atoms with Crippen molar-refractivity contribution in [2.24, 2.45) is 0 Å². The SMILES string of the molecule is O=C(CC(c1ccc(Cl)cc1)c1c[nH]c2ccccc12)n1nnc2ccccc21. The molecule has 0 saturated heterocycles. The number of nitrogens with one attached hydrogen (secondary N) is 1. The summed E-state index contributed by atoms with van der Waals surface area (Å²) in [5.74, 6) is -0.247. The molecule has 0 fully saturated rings. The monoisotopic (exact) mass is 400 g/mol. The van der Waals surface area contributed by atoms with Crippen molar-refractivity contribution in [3.05, 3.63) is 95.1 Å². The van der Waals surface area contributed by atoms with Gasteiger partial charge < -0.3 is 4.98 Å². The van der Waals surface area contributed by atoms with Crippen LogP contribution in [0.3, 0.4) is 0 Å². The molecule has 2 heterocycles. The van der Waals surface area contributed by atoms with Crippen LogP contribution in [0.1, 0.15) is 28.3 Å². The van der Waals surface area contributed by atoms with Crippen LogP contribution in [0.15, 0.2) is 79.0 Å². The van der Waals surface area contributed by atoms with Gasteiger partial charge in [-0.2, -0.15) is 4.68 Å². The van der Waals surface area contributed by atoms with E-state index in [0.717, 1.165) is 22.0 Å². The highest BCUT2D eigenvalue weighted by atomic mass is 35.5. The molecule has 0 aliphatic rings. The molecule has 5 aromatic rings. The molecule has 0 aliphatic heterocycles. The first kappa shape index (κ1) is 17.6. The van der Waals surface area contributed by atoms with Gasteiger partial charge in [-0.3, -0.25) is 4.79 Å². The summed E-state index contributed by atoms with van der Waals surface area (Å²) in [5.41, 5.74) is 4.56. The van der Waals surface area contributed by atoms with Crippen LogP contribution in [0.5, 0.6) is 0 Å². The fourth-order valence-electron chi connectivity index (χ4n) is 3.80. The first-order chi connectivity index (χ1) is 14.2. The topological polar surface area (TPSA) is 63.6 Å². The number of halogens is 1. The summed E-state index contributed by atoms with van der Waals surface area (Å²) >= 11 is 6.09. The summed E-state index contributed by atoms with van der Waals surface area (Å²) in [5, 5.41) is 9.97. The minimum absolute atomic E-state index is 0.107. The van der Waals surface area contributed by atoms with Gasteiger partial charge in [0, 0.05) is 34.5 Å². The maximum absolute atomic E-state index is 13.2. The first-order valence-corrected chi connectivity index (χ1v) is 9.73. The standard InChI is InChI=1S/C23H17ClN4O/c24-16-11-9-15(10-12-16)18(19-14-25-20-6-2-1-5-17(19)20)13-23(29)28-22-8-4-3-7-21(22)26-27-28/h1-12,14,18,25H,13H2. The van der Waals surface area contributed by atoms with Gasteiger partial charge >= 0.3 is 0 Å². The number of hydrogen-bond donors (Lipinski definition) is 1. The van der Waals surface area contributed by atoms with Crippen molar-refractivity contribution >= 4 is 39.4 Å². The quantitative estimate of drug-likeness (QED) is 0.437. The molecule has 5 nitrogen and oxygen atoms in total. The van der Waals surface area contributed by atoms with E-state index < -0.39 is 0 Å². The number of fused-ring (bicyclic) bond motifs is 2. The molecule has 2 aromatic heterocycles. The highest BCUT2D eigenvalue weighted by Gasteiger charge is 2.23. The van der Waals surface area contributed by atoms with Gasteiger partial charge in [0.15, 0.2) is 0 Å². The van der Waals surface area contributed by atoms with Crippen LogP contribution in [0.25, 0.3) is 21.9 Å². The normalized spacial score (nSPS) is 12.4. The van der Waals surface area contributed by atoms with E-state index in [-0.39, 0.29) is 18.2 Å². The zero-order valence-corrected chi connectivity index (χ0v) is 16.2. The maximum atomic E-state index is 13.2. The molecule has 29 heavy (non-hydrogen) atoms. The predicted octanol–water partition coefficient (Wildman–Crippen LogP) is 5.43. The van der Waals surface area contributed by atoms with Gasteiger partial charge in [-0.1, -0.05) is 59.3 Å². The molecule has 0 aliphatic carbocycles. The van der Waals surface area contributed by atoms with E-state index in [4.69, 9.17) is 11.6 Å².